The number of nitrogens with zero attached hydrogens (tertiary/aromatic N) is 1. The summed E-state index contributed by atoms with van der Waals surface area (Å²) in [6.45, 7) is 4.00. The third-order valence-electron chi connectivity index (χ3n) is 1.76. The van der Waals surface area contributed by atoms with Crippen molar-refractivity contribution in [3.63, 3.8) is 0 Å². The highest BCUT2D eigenvalue weighted by molar-refractivity contribution is 14.1. The Hall–Kier alpha value is -0.360. The van der Waals surface area contributed by atoms with E-state index in [1.165, 1.54) is 0 Å². The SMILES string of the molecule is Brc1cccc2cnc(OI)cc12.CC. The van der Waals surface area contributed by atoms with Gasteiger partial charge >= 0.3 is 0 Å². The van der Waals surface area contributed by atoms with Crippen LogP contribution in [0.15, 0.2) is 34.9 Å². The van der Waals surface area contributed by atoms with Crippen LogP contribution < -0.4 is 3.07 Å². The van der Waals surface area contributed by atoms with Crippen molar-refractivity contribution in [1.82, 2.24) is 4.98 Å². The van der Waals surface area contributed by atoms with Crippen molar-refractivity contribution < 1.29 is 3.07 Å². The minimum absolute atomic E-state index is 0.625. The molecule has 0 unspecified atom stereocenters. The van der Waals surface area contributed by atoms with Gasteiger partial charge in [-0.1, -0.05) is 41.9 Å². The lowest BCUT2D eigenvalue weighted by atomic mass is 10.2. The van der Waals surface area contributed by atoms with Crippen LogP contribution in [0.1, 0.15) is 13.8 Å². The van der Waals surface area contributed by atoms with Gasteiger partial charge < -0.3 is 3.07 Å². The second kappa shape index (κ2) is 6.27. The van der Waals surface area contributed by atoms with E-state index in [1.807, 2.05) is 61.1 Å². The molecule has 0 fully saturated rings. The number of hydrogen-bond donors (Lipinski definition) is 0. The minimum Gasteiger partial charge on any atom is -0.408 e. The molecular formula is C11H11BrINO. The monoisotopic (exact) mass is 379 g/mol. The lowest BCUT2D eigenvalue weighted by Crippen LogP contribution is -1.81. The first-order valence-corrected chi connectivity index (χ1v) is 6.31. The molecule has 80 valence electrons. The van der Waals surface area contributed by atoms with Crippen LogP contribution in [0.2, 0.25) is 0 Å². The number of hydrogen-bond acceptors (Lipinski definition) is 2. The van der Waals surface area contributed by atoms with E-state index < -0.39 is 0 Å². The van der Waals surface area contributed by atoms with E-state index in [0.29, 0.717) is 5.88 Å². The zero-order chi connectivity index (χ0) is 11.3. The summed E-state index contributed by atoms with van der Waals surface area (Å²) in [6.07, 6.45) is 1.80. The van der Waals surface area contributed by atoms with Crippen molar-refractivity contribution >= 4 is 49.7 Å². The predicted octanol–water partition coefficient (Wildman–Crippen LogP) is 4.75. The quantitative estimate of drug-likeness (QED) is 0.667. The van der Waals surface area contributed by atoms with Crippen LogP contribution >= 0.6 is 38.9 Å². The maximum Gasteiger partial charge on any atom is 0.225 e. The Kier molecular flexibility index (Phi) is 5.31. The Morgan fingerprint density at radius 2 is 2.07 bits per heavy atom. The van der Waals surface area contributed by atoms with Gasteiger partial charge in [0.15, 0.2) is 23.0 Å². The van der Waals surface area contributed by atoms with Crippen LogP contribution in [-0.2, 0) is 0 Å². The summed E-state index contributed by atoms with van der Waals surface area (Å²) in [6, 6.07) is 7.91. The molecule has 15 heavy (non-hydrogen) atoms. The van der Waals surface area contributed by atoms with E-state index >= 15 is 0 Å². The van der Waals surface area contributed by atoms with Gasteiger partial charge in [-0.15, -0.1) is 0 Å². The van der Waals surface area contributed by atoms with Crippen molar-refractivity contribution in [1.29, 1.82) is 0 Å². The van der Waals surface area contributed by atoms with Gasteiger partial charge in [-0.2, -0.15) is 0 Å². The second-order valence-electron chi connectivity index (χ2n) is 2.56. The van der Waals surface area contributed by atoms with Gasteiger partial charge in [-0.25, -0.2) is 4.98 Å². The van der Waals surface area contributed by atoms with E-state index in [4.69, 9.17) is 3.07 Å². The summed E-state index contributed by atoms with van der Waals surface area (Å²) in [7, 11) is 0. The molecule has 0 aliphatic heterocycles. The summed E-state index contributed by atoms with van der Waals surface area (Å²) in [4.78, 5) is 4.12. The first kappa shape index (κ1) is 12.7. The lowest BCUT2D eigenvalue weighted by molar-refractivity contribution is 0.683. The highest BCUT2D eigenvalue weighted by atomic mass is 127. The fourth-order valence-corrected chi connectivity index (χ4v) is 1.89. The van der Waals surface area contributed by atoms with Gasteiger partial charge in [0.25, 0.3) is 0 Å². The zero-order valence-corrected chi connectivity index (χ0v) is 12.2. The van der Waals surface area contributed by atoms with Crippen molar-refractivity contribution in [2.75, 3.05) is 0 Å². The van der Waals surface area contributed by atoms with Crippen molar-refractivity contribution in [3.8, 4) is 5.88 Å². The van der Waals surface area contributed by atoms with Crippen LogP contribution in [-0.4, -0.2) is 4.98 Å². The Bertz CT molecular complexity index is 448. The Balaban J connectivity index is 0.000000531. The number of halogens is 2. The van der Waals surface area contributed by atoms with Crippen LogP contribution in [0.25, 0.3) is 10.8 Å². The molecular weight excluding hydrogens is 369 g/mol. The fourth-order valence-electron chi connectivity index (χ4n) is 1.15. The molecule has 0 atom stereocenters. The van der Waals surface area contributed by atoms with Gasteiger partial charge in [0, 0.05) is 27.5 Å². The third-order valence-corrected chi connectivity index (χ3v) is 2.91. The highest BCUT2D eigenvalue weighted by Gasteiger charge is 2.00. The van der Waals surface area contributed by atoms with Gasteiger partial charge in [0.1, 0.15) is 0 Å². The van der Waals surface area contributed by atoms with Gasteiger partial charge in [-0.05, 0) is 6.07 Å². The van der Waals surface area contributed by atoms with E-state index in [9.17, 15) is 0 Å². The molecule has 0 bridgehead atoms. The molecule has 0 aliphatic carbocycles. The van der Waals surface area contributed by atoms with Gasteiger partial charge in [-0.3, -0.25) is 0 Å². The summed E-state index contributed by atoms with van der Waals surface area (Å²) in [5.41, 5.74) is 0. The van der Waals surface area contributed by atoms with Crippen LogP contribution in [0, 0.1) is 0 Å². The summed E-state index contributed by atoms with van der Waals surface area (Å²) in [5, 5.41) is 2.22. The number of pyridine rings is 1. The standard InChI is InChI=1S/C9H5BrINO.C2H6/c10-8-3-1-2-6-5-12-9(13-11)4-7(6)8;1-2/h1-5H;1-2H3. The third kappa shape index (κ3) is 3.04. The molecule has 0 saturated carbocycles. The maximum atomic E-state index is 5.02. The van der Waals surface area contributed by atoms with Crippen molar-refractivity contribution in [2.24, 2.45) is 0 Å². The number of benzene rings is 1. The molecule has 1 aromatic heterocycles. The van der Waals surface area contributed by atoms with Crippen LogP contribution in [0.5, 0.6) is 5.88 Å². The molecule has 2 rings (SSSR count). The molecule has 0 radical (unpaired) electrons. The molecule has 0 amide bonds. The molecule has 1 heterocycles. The summed E-state index contributed by atoms with van der Waals surface area (Å²) < 4.78 is 6.07. The Morgan fingerprint density at radius 1 is 1.33 bits per heavy atom. The predicted molar refractivity (Wildman–Crippen MR) is 75.4 cm³/mol. The number of fused-ring (bicyclic) bond motifs is 1. The Morgan fingerprint density at radius 3 is 2.73 bits per heavy atom. The molecule has 0 N–H and O–H groups in total. The van der Waals surface area contributed by atoms with Crippen molar-refractivity contribution in [3.05, 3.63) is 34.9 Å². The number of aromatic nitrogens is 1. The zero-order valence-electron chi connectivity index (χ0n) is 8.50. The Labute approximate surface area is 112 Å². The molecule has 2 aromatic rings. The van der Waals surface area contributed by atoms with Crippen LogP contribution in [0.4, 0.5) is 0 Å². The maximum absolute atomic E-state index is 5.02. The highest BCUT2D eigenvalue weighted by Crippen LogP contribution is 2.26. The second-order valence-corrected chi connectivity index (χ2v) is 3.86. The van der Waals surface area contributed by atoms with Crippen LogP contribution in [0.3, 0.4) is 0 Å². The molecule has 0 aliphatic rings. The lowest BCUT2D eigenvalue weighted by Gasteiger charge is -2.01. The molecule has 1 aromatic carbocycles. The topological polar surface area (TPSA) is 22.1 Å². The van der Waals surface area contributed by atoms with E-state index in [-0.39, 0.29) is 0 Å². The van der Waals surface area contributed by atoms with E-state index in [2.05, 4.69) is 20.9 Å². The molecule has 0 spiro atoms. The smallest absolute Gasteiger partial charge is 0.225 e. The minimum atomic E-state index is 0.625. The molecule has 2 nitrogen and oxygen atoms in total. The van der Waals surface area contributed by atoms with E-state index in [0.717, 1.165) is 15.2 Å². The fraction of sp³-hybridized carbons (Fsp3) is 0.182. The molecule has 0 saturated heterocycles. The average molecular weight is 380 g/mol. The first-order chi connectivity index (χ1) is 7.31. The van der Waals surface area contributed by atoms with Gasteiger partial charge in [0.05, 0.1) is 0 Å². The number of rotatable bonds is 1. The van der Waals surface area contributed by atoms with Gasteiger partial charge in [0.2, 0.25) is 5.88 Å². The largest absolute Gasteiger partial charge is 0.408 e. The first-order valence-electron chi connectivity index (χ1n) is 4.64. The normalized spacial score (nSPS) is 9.33. The van der Waals surface area contributed by atoms with Crippen molar-refractivity contribution in [2.45, 2.75) is 13.8 Å². The van der Waals surface area contributed by atoms with E-state index in [1.54, 1.807) is 6.20 Å². The molecule has 4 heteroatoms. The summed E-state index contributed by atoms with van der Waals surface area (Å²) in [5.74, 6) is 0.625. The average Bonchev–Trinajstić information content (AvgIpc) is 2.32. The summed E-state index contributed by atoms with van der Waals surface area (Å²) >= 11 is 5.29.